The van der Waals surface area contributed by atoms with Crippen molar-refractivity contribution < 1.29 is 31.3 Å². The molecular formula is C32H30F4N4O3S. The van der Waals surface area contributed by atoms with E-state index in [1.54, 1.807) is 50.2 Å². The average molecular weight is 627 g/mol. The fourth-order valence-electron chi connectivity index (χ4n) is 5.09. The Morgan fingerprint density at radius 2 is 1.98 bits per heavy atom. The lowest BCUT2D eigenvalue weighted by atomic mass is 9.95. The molecule has 1 unspecified atom stereocenters. The molecule has 1 aliphatic rings. The number of hydrogen-bond donors (Lipinski definition) is 1. The van der Waals surface area contributed by atoms with Gasteiger partial charge in [-0.2, -0.15) is 0 Å². The maximum absolute atomic E-state index is 15.5. The first kappa shape index (κ1) is 31.1. The second-order valence-corrected chi connectivity index (χ2v) is 10.8. The monoisotopic (exact) mass is 626 g/mol. The van der Waals surface area contributed by atoms with E-state index in [1.165, 1.54) is 12.3 Å². The first-order valence-electron chi connectivity index (χ1n) is 14.1. The largest absolute Gasteiger partial charge is 0.466 e. The summed E-state index contributed by atoms with van der Waals surface area (Å²) in [7, 11) is 0. The van der Waals surface area contributed by atoms with Crippen LogP contribution >= 0.6 is 12.3 Å². The highest BCUT2D eigenvalue weighted by molar-refractivity contribution is 7.92. The van der Waals surface area contributed by atoms with Crippen LogP contribution in [0.1, 0.15) is 54.9 Å². The van der Waals surface area contributed by atoms with E-state index >= 15 is 8.78 Å². The summed E-state index contributed by atoms with van der Waals surface area (Å²) in [6.07, 6.45) is 2.94. The zero-order valence-electron chi connectivity index (χ0n) is 24.1. The van der Waals surface area contributed by atoms with Gasteiger partial charge in [-0.3, -0.25) is 13.8 Å². The molecule has 0 saturated carbocycles. The molecule has 5 rings (SSSR count). The van der Waals surface area contributed by atoms with E-state index in [1.807, 2.05) is 0 Å². The summed E-state index contributed by atoms with van der Waals surface area (Å²) in [6.45, 7) is 4.15. The van der Waals surface area contributed by atoms with Gasteiger partial charge in [-0.1, -0.05) is 31.2 Å². The first-order valence-corrected chi connectivity index (χ1v) is 14.8. The topological polar surface area (TPSA) is 91.2 Å². The molecule has 0 aliphatic carbocycles. The second-order valence-electron chi connectivity index (χ2n) is 10.3. The minimum Gasteiger partial charge on any atom is -0.466 e. The Hall–Kier alpha value is -4.32. The standard InChI is InChI=1S/C32H30F4N4O3S/c1-3-42-27(41)12-10-20-6-4-8-22(28(20)34)18(2)31(37)39-32-24-16-21(11-9-19(24)7-5-14-38-32)43-30-25(33)17-26-23(29(30)35)13-15-40(26)44-36/h4,6,8-9,11,13,15-18H,3,5,7,10,12,14H2,1-2H3,(H2,37,38,39). The predicted molar refractivity (Wildman–Crippen MR) is 164 cm³/mol. The highest BCUT2D eigenvalue weighted by Crippen LogP contribution is 2.36. The fraction of sp³-hybridized carbons (Fsp3) is 0.281. The van der Waals surface area contributed by atoms with Crippen LogP contribution in [-0.2, 0) is 22.4 Å². The van der Waals surface area contributed by atoms with Crippen molar-refractivity contribution in [3.8, 4) is 11.5 Å². The Morgan fingerprint density at radius 1 is 1.16 bits per heavy atom. The van der Waals surface area contributed by atoms with Gasteiger partial charge < -0.3 is 15.2 Å². The van der Waals surface area contributed by atoms with Crippen molar-refractivity contribution in [2.75, 3.05) is 13.2 Å². The van der Waals surface area contributed by atoms with Gasteiger partial charge in [0, 0.05) is 42.1 Å². The first-order chi connectivity index (χ1) is 21.2. The van der Waals surface area contributed by atoms with Gasteiger partial charge in [0.2, 0.25) is 0 Å². The number of ether oxygens (including phenoxy) is 2. The number of aromatic nitrogens is 1. The molecular weight excluding hydrogens is 596 g/mol. The molecule has 230 valence electrons. The lowest BCUT2D eigenvalue weighted by Gasteiger charge is -2.16. The van der Waals surface area contributed by atoms with E-state index in [0.717, 1.165) is 22.0 Å². The number of hydrogen-bond acceptors (Lipinski definition) is 6. The van der Waals surface area contributed by atoms with Crippen LogP contribution in [0.5, 0.6) is 11.5 Å². The summed E-state index contributed by atoms with van der Waals surface area (Å²) < 4.78 is 70.3. The normalized spacial score (nSPS) is 14.1. The van der Waals surface area contributed by atoms with E-state index in [0.29, 0.717) is 35.5 Å². The summed E-state index contributed by atoms with van der Waals surface area (Å²) in [6, 6.07) is 12.2. The van der Waals surface area contributed by atoms with E-state index in [2.05, 4.69) is 9.98 Å². The zero-order valence-corrected chi connectivity index (χ0v) is 24.9. The van der Waals surface area contributed by atoms with Crippen molar-refractivity contribution in [2.24, 2.45) is 15.7 Å². The summed E-state index contributed by atoms with van der Waals surface area (Å²) in [5, 5.41) is 0.00659. The van der Waals surface area contributed by atoms with Crippen LogP contribution in [0.25, 0.3) is 10.9 Å². The zero-order chi connectivity index (χ0) is 31.4. The number of aryl methyl sites for hydroxylation is 2. The van der Waals surface area contributed by atoms with Crippen LogP contribution in [0.15, 0.2) is 64.7 Å². The molecule has 44 heavy (non-hydrogen) atoms. The number of nitrogens with zero attached hydrogens (tertiary/aromatic N) is 3. The third kappa shape index (κ3) is 6.45. The molecule has 0 bridgehead atoms. The minimum absolute atomic E-state index is 0.00659. The SMILES string of the molecule is CCOC(=O)CCc1cccc(C(C)C(N)=NC2=NCCCc3ccc(Oc4c(F)cc5c(ccn5SF)c4F)cc32)c1F. The minimum atomic E-state index is -0.990. The van der Waals surface area contributed by atoms with Crippen molar-refractivity contribution in [2.45, 2.75) is 45.4 Å². The summed E-state index contributed by atoms with van der Waals surface area (Å²) in [5.41, 5.74) is 8.59. The molecule has 7 nitrogen and oxygen atoms in total. The third-order valence-corrected chi connectivity index (χ3v) is 7.91. The number of esters is 1. The van der Waals surface area contributed by atoms with Crippen molar-refractivity contribution in [3.63, 3.8) is 0 Å². The summed E-state index contributed by atoms with van der Waals surface area (Å²) in [4.78, 5) is 20.9. The maximum Gasteiger partial charge on any atom is 0.306 e. The Balaban J connectivity index is 1.42. The number of aliphatic imine (C=N–C) groups is 2. The number of carbonyl (C=O) groups is 1. The molecule has 1 atom stereocenters. The number of amidine groups is 2. The van der Waals surface area contributed by atoms with Gasteiger partial charge in [-0.15, -0.1) is 3.89 Å². The molecule has 1 aliphatic heterocycles. The van der Waals surface area contributed by atoms with Crippen molar-refractivity contribution in [1.82, 2.24) is 3.97 Å². The quantitative estimate of drug-likeness (QED) is 0.0895. The Labute approximate surface area is 256 Å². The number of carbonyl (C=O) groups excluding carboxylic acids is 1. The van der Waals surface area contributed by atoms with E-state index in [4.69, 9.17) is 15.2 Å². The van der Waals surface area contributed by atoms with E-state index < -0.39 is 35.1 Å². The molecule has 1 aromatic heterocycles. The van der Waals surface area contributed by atoms with Crippen LogP contribution in [0.4, 0.5) is 17.1 Å². The number of rotatable bonds is 9. The molecule has 2 heterocycles. The Bertz CT molecular complexity index is 1770. The Morgan fingerprint density at radius 3 is 2.75 bits per heavy atom. The van der Waals surface area contributed by atoms with Gasteiger partial charge in [-0.25, -0.2) is 18.2 Å². The summed E-state index contributed by atoms with van der Waals surface area (Å²) in [5.74, 6) is -3.53. The lowest BCUT2D eigenvalue weighted by molar-refractivity contribution is -0.143. The van der Waals surface area contributed by atoms with E-state index in [-0.39, 0.29) is 54.3 Å². The van der Waals surface area contributed by atoms with Gasteiger partial charge in [-0.05, 0) is 61.1 Å². The number of nitrogens with two attached hydrogens (primary N) is 1. The number of benzene rings is 3. The fourth-order valence-corrected chi connectivity index (χ4v) is 5.43. The highest BCUT2D eigenvalue weighted by atomic mass is 32.2. The maximum atomic E-state index is 15.5. The van der Waals surface area contributed by atoms with Crippen LogP contribution in [0.3, 0.4) is 0 Å². The molecule has 0 spiro atoms. The Kier molecular flexibility index (Phi) is 9.58. The highest BCUT2D eigenvalue weighted by Gasteiger charge is 2.22. The molecule has 4 aromatic rings. The molecule has 3 aromatic carbocycles. The van der Waals surface area contributed by atoms with Crippen LogP contribution in [0, 0.1) is 17.5 Å². The van der Waals surface area contributed by atoms with Crippen molar-refractivity contribution in [3.05, 3.63) is 94.4 Å². The smallest absolute Gasteiger partial charge is 0.306 e. The summed E-state index contributed by atoms with van der Waals surface area (Å²) >= 11 is -0.170. The molecule has 0 fully saturated rings. The molecule has 0 saturated heterocycles. The molecule has 0 radical (unpaired) electrons. The van der Waals surface area contributed by atoms with Crippen molar-refractivity contribution >= 4 is 40.9 Å². The van der Waals surface area contributed by atoms with Gasteiger partial charge in [0.05, 0.1) is 12.1 Å². The van der Waals surface area contributed by atoms with E-state index in [9.17, 15) is 13.1 Å². The van der Waals surface area contributed by atoms with Crippen LogP contribution in [0.2, 0.25) is 0 Å². The average Bonchev–Trinajstić information content (AvgIpc) is 3.32. The van der Waals surface area contributed by atoms with Gasteiger partial charge >= 0.3 is 5.97 Å². The number of halogens is 4. The van der Waals surface area contributed by atoms with Gasteiger partial charge in [0.25, 0.3) is 0 Å². The van der Waals surface area contributed by atoms with Crippen LogP contribution in [-0.4, -0.2) is 34.8 Å². The van der Waals surface area contributed by atoms with Gasteiger partial charge in [0.15, 0.2) is 35.6 Å². The molecule has 12 heteroatoms. The number of fused-ring (bicyclic) bond motifs is 2. The lowest BCUT2D eigenvalue weighted by Crippen LogP contribution is -2.23. The molecule has 0 amide bonds. The third-order valence-electron chi connectivity index (χ3n) is 7.45. The predicted octanol–water partition coefficient (Wildman–Crippen LogP) is 7.58. The van der Waals surface area contributed by atoms with Gasteiger partial charge in [0.1, 0.15) is 17.4 Å². The van der Waals surface area contributed by atoms with Crippen LogP contribution < -0.4 is 10.5 Å². The second kappa shape index (κ2) is 13.5. The van der Waals surface area contributed by atoms with Crippen molar-refractivity contribution in [1.29, 1.82) is 0 Å². The molecule has 2 N–H and O–H groups in total.